The number of rotatable bonds is 8. The van der Waals surface area contributed by atoms with Gasteiger partial charge >= 0.3 is 5.97 Å². The van der Waals surface area contributed by atoms with Crippen LogP contribution in [0.5, 0.6) is 5.75 Å². The number of aliphatic carboxylic acids is 1. The van der Waals surface area contributed by atoms with Gasteiger partial charge in [0, 0.05) is 5.56 Å². The second-order valence-corrected chi connectivity index (χ2v) is 9.73. The standard InChI is InChI=1S/C24H31N3O4/c1-23(7-8-25,31-14-16-5-3-4-6-19(16)30-2)21(26)27-20-17-9-15-10-18(20)13-24(11-15,12-17)22(28)29/h3-6,15,17-18,20H,7,9-14H2,1-2H3,(H2,26,27)(H,28,29). The van der Waals surface area contributed by atoms with Crippen LogP contribution in [0.1, 0.15) is 51.0 Å². The molecule has 3 N–H and O–H groups in total. The van der Waals surface area contributed by atoms with E-state index in [1.807, 2.05) is 24.3 Å². The van der Waals surface area contributed by atoms with E-state index in [1.54, 1.807) is 14.0 Å². The molecule has 0 amide bonds. The van der Waals surface area contributed by atoms with Gasteiger partial charge in [-0.2, -0.15) is 5.26 Å². The van der Waals surface area contributed by atoms with Crippen molar-refractivity contribution >= 4 is 11.8 Å². The lowest BCUT2D eigenvalue weighted by Crippen LogP contribution is -2.56. The van der Waals surface area contributed by atoms with E-state index in [1.165, 1.54) is 0 Å². The smallest absolute Gasteiger partial charge is 0.309 e. The van der Waals surface area contributed by atoms with E-state index in [0.717, 1.165) is 30.6 Å². The van der Waals surface area contributed by atoms with Crippen molar-refractivity contribution in [1.82, 2.24) is 0 Å². The lowest BCUT2D eigenvalue weighted by atomic mass is 9.48. The van der Waals surface area contributed by atoms with E-state index in [0.29, 0.717) is 24.6 Å². The maximum absolute atomic E-state index is 12.0. The number of carboxylic acid groups (broad SMARTS) is 1. The van der Waals surface area contributed by atoms with Crippen molar-refractivity contribution in [2.75, 3.05) is 7.11 Å². The molecular formula is C24H31N3O4. The van der Waals surface area contributed by atoms with Gasteiger partial charge < -0.3 is 20.3 Å². The van der Waals surface area contributed by atoms with Crippen LogP contribution in [0.15, 0.2) is 29.3 Å². The first kappa shape index (κ1) is 21.6. The van der Waals surface area contributed by atoms with E-state index >= 15 is 0 Å². The number of aliphatic imine (C=N–C) groups is 1. The molecule has 7 heteroatoms. The second kappa shape index (κ2) is 8.16. The molecule has 4 saturated carbocycles. The van der Waals surface area contributed by atoms with Crippen LogP contribution in [0.25, 0.3) is 0 Å². The predicted octanol–water partition coefficient (Wildman–Crippen LogP) is 3.52. The zero-order chi connectivity index (χ0) is 22.2. The summed E-state index contributed by atoms with van der Waals surface area (Å²) in [5.41, 5.74) is 5.75. The molecule has 31 heavy (non-hydrogen) atoms. The van der Waals surface area contributed by atoms with Crippen LogP contribution in [0, 0.1) is 34.5 Å². The van der Waals surface area contributed by atoms with Crippen molar-refractivity contribution in [2.24, 2.45) is 33.9 Å². The molecule has 4 fully saturated rings. The molecule has 4 aliphatic carbocycles. The molecule has 1 aromatic carbocycles. The Labute approximate surface area is 183 Å². The minimum absolute atomic E-state index is 0.0110. The molecule has 3 unspecified atom stereocenters. The second-order valence-electron chi connectivity index (χ2n) is 9.73. The van der Waals surface area contributed by atoms with Crippen molar-refractivity contribution in [3.63, 3.8) is 0 Å². The van der Waals surface area contributed by atoms with Crippen LogP contribution in [0.2, 0.25) is 0 Å². The fourth-order valence-corrected chi connectivity index (χ4v) is 6.19. The molecule has 0 radical (unpaired) electrons. The van der Waals surface area contributed by atoms with E-state index in [4.69, 9.17) is 20.2 Å². The Bertz CT molecular complexity index is 908. The number of nitrogens with two attached hydrogens (primary N) is 1. The van der Waals surface area contributed by atoms with Crippen LogP contribution < -0.4 is 10.5 Å². The van der Waals surface area contributed by atoms with Gasteiger partial charge in [-0.3, -0.25) is 9.79 Å². The SMILES string of the molecule is COc1ccccc1COC(C)(CC#N)C(N)=NC1C2CC3CC1CC(C(=O)O)(C3)C2. The molecule has 0 aliphatic heterocycles. The van der Waals surface area contributed by atoms with E-state index < -0.39 is 17.0 Å². The molecule has 0 spiro atoms. The molecule has 1 aromatic rings. The molecule has 4 bridgehead atoms. The summed E-state index contributed by atoms with van der Waals surface area (Å²) < 4.78 is 11.6. The number of para-hydroxylation sites is 1. The zero-order valence-electron chi connectivity index (χ0n) is 18.2. The lowest BCUT2D eigenvalue weighted by molar-refractivity contribution is -0.166. The number of benzene rings is 1. The normalized spacial score (nSPS) is 33.5. The topological polar surface area (TPSA) is 118 Å². The average Bonchev–Trinajstić information content (AvgIpc) is 2.74. The van der Waals surface area contributed by atoms with Gasteiger partial charge in [0.2, 0.25) is 0 Å². The van der Waals surface area contributed by atoms with Crippen molar-refractivity contribution < 1.29 is 19.4 Å². The largest absolute Gasteiger partial charge is 0.496 e. The first-order valence-corrected chi connectivity index (χ1v) is 11.0. The van der Waals surface area contributed by atoms with Crippen molar-refractivity contribution in [1.29, 1.82) is 5.26 Å². The van der Waals surface area contributed by atoms with Gasteiger partial charge in [-0.1, -0.05) is 18.2 Å². The molecule has 5 rings (SSSR count). The highest BCUT2D eigenvalue weighted by atomic mass is 16.5. The summed E-state index contributed by atoms with van der Waals surface area (Å²) in [6.07, 6.45) is 4.27. The highest BCUT2D eigenvalue weighted by molar-refractivity contribution is 5.89. The van der Waals surface area contributed by atoms with Crippen LogP contribution in [0.4, 0.5) is 0 Å². The molecule has 7 nitrogen and oxygen atoms in total. The van der Waals surface area contributed by atoms with Gasteiger partial charge in [-0.05, 0) is 62.8 Å². The maximum atomic E-state index is 12.0. The van der Waals surface area contributed by atoms with E-state index in [2.05, 4.69) is 6.07 Å². The summed E-state index contributed by atoms with van der Waals surface area (Å²) >= 11 is 0. The van der Waals surface area contributed by atoms with Gasteiger partial charge in [-0.15, -0.1) is 0 Å². The summed E-state index contributed by atoms with van der Waals surface area (Å²) in [4.78, 5) is 16.9. The predicted molar refractivity (Wildman–Crippen MR) is 115 cm³/mol. The van der Waals surface area contributed by atoms with Crippen LogP contribution in [-0.2, 0) is 16.1 Å². The highest BCUT2D eigenvalue weighted by Crippen LogP contribution is 2.61. The number of amidine groups is 1. The molecule has 0 aromatic heterocycles. The Kier molecular flexibility index (Phi) is 5.69. The molecule has 0 heterocycles. The van der Waals surface area contributed by atoms with Gasteiger partial charge in [0.15, 0.2) is 0 Å². The first-order chi connectivity index (χ1) is 14.8. The molecule has 3 atom stereocenters. The fourth-order valence-electron chi connectivity index (χ4n) is 6.19. The van der Waals surface area contributed by atoms with Gasteiger partial charge in [0.1, 0.15) is 17.2 Å². The molecule has 0 saturated heterocycles. The summed E-state index contributed by atoms with van der Waals surface area (Å²) in [7, 11) is 1.61. The third-order valence-electron chi connectivity index (χ3n) is 7.66. The quantitative estimate of drug-likeness (QED) is 0.486. The summed E-state index contributed by atoms with van der Waals surface area (Å²) in [6, 6.07) is 9.78. The van der Waals surface area contributed by atoms with Crippen LogP contribution >= 0.6 is 0 Å². The first-order valence-electron chi connectivity index (χ1n) is 11.0. The van der Waals surface area contributed by atoms with E-state index in [-0.39, 0.29) is 30.9 Å². The van der Waals surface area contributed by atoms with Gasteiger partial charge in [-0.25, -0.2) is 0 Å². The van der Waals surface area contributed by atoms with Gasteiger partial charge in [0.05, 0.1) is 37.7 Å². The molecule has 166 valence electrons. The molecular weight excluding hydrogens is 394 g/mol. The van der Waals surface area contributed by atoms with Crippen molar-refractivity contribution in [2.45, 2.75) is 63.7 Å². The van der Waals surface area contributed by atoms with Crippen LogP contribution in [-0.4, -0.2) is 35.7 Å². The Morgan fingerprint density at radius 3 is 2.61 bits per heavy atom. The number of carboxylic acids is 1. The lowest BCUT2D eigenvalue weighted by Gasteiger charge is -2.57. The molecule has 4 aliphatic rings. The minimum atomic E-state index is -1.02. The third-order valence-corrected chi connectivity index (χ3v) is 7.66. The summed E-state index contributed by atoms with van der Waals surface area (Å²) in [5, 5.41) is 19.3. The number of nitrogens with zero attached hydrogens (tertiary/aromatic N) is 2. The fraction of sp³-hybridized carbons (Fsp3) is 0.625. The monoisotopic (exact) mass is 425 g/mol. The van der Waals surface area contributed by atoms with Crippen molar-refractivity contribution in [3.8, 4) is 11.8 Å². The highest BCUT2D eigenvalue weighted by Gasteiger charge is 2.59. The third kappa shape index (κ3) is 3.89. The van der Waals surface area contributed by atoms with Crippen LogP contribution in [0.3, 0.4) is 0 Å². The minimum Gasteiger partial charge on any atom is -0.496 e. The number of ether oxygens (including phenoxy) is 2. The number of hydrogen-bond donors (Lipinski definition) is 2. The van der Waals surface area contributed by atoms with Crippen molar-refractivity contribution in [3.05, 3.63) is 29.8 Å². The maximum Gasteiger partial charge on any atom is 0.309 e. The Morgan fingerprint density at radius 1 is 1.32 bits per heavy atom. The van der Waals surface area contributed by atoms with Gasteiger partial charge in [0.25, 0.3) is 0 Å². The average molecular weight is 426 g/mol. The zero-order valence-corrected chi connectivity index (χ0v) is 18.2. The number of methoxy groups -OCH3 is 1. The Balaban J connectivity index is 1.54. The summed E-state index contributed by atoms with van der Waals surface area (Å²) in [6.45, 7) is 2.05. The summed E-state index contributed by atoms with van der Waals surface area (Å²) in [5.74, 6) is 1.34. The number of carbonyl (C=O) groups is 1. The Hall–Kier alpha value is -2.59. The number of nitriles is 1. The number of hydrogen-bond acceptors (Lipinski definition) is 5. The van der Waals surface area contributed by atoms with E-state index in [9.17, 15) is 15.2 Å². The Morgan fingerprint density at radius 2 is 2.00 bits per heavy atom.